The van der Waals surface area contributed by atoms with Crippen molar-refractivity contribution in [2.24, 2.45) is 7.05 Å². The van der Waals surface area contributed by atoms with Crippen LogP contribution in [0.3, 0.4) is 0 Å². The van der Waals surface area contributed by atoms with Crippen molar-refractivity contribution in [1.82, 2.24) is 20.0 Å². The van der Waals surface area contributed by atoms with E-state index < -0.39 is 0 Å². The van der Waals surface area contributed by atoms with E-state index in [4.69, 9.17) is 4.74 Å². The third kappa shape index (κ3) is 4.30. The molecule has 0 amide bonds. The Balaban J connectivity index is 1.90. The molecule has 0 aliphatic carbocycles. The van der Waals surface area contributed by atoms with Crippen molar-refractivity contribution in [3.63, 3.8) is 0 Å². The van der Waals surface area contributed by atoms with Gasteiger partial charge in [0.25, 0.3) is 0 Å². The van der Waals surface area contributed by atoms with E-state index in [0.29, 0.717) is 12.1 Å². The molecule has 20 heavy (non-hydrogen) atoms. The highest BCUT2D eigenvalue weighted by molar-refractivity contribution is 5.01. The molecular weight excluding hydrogens is 252 g/mol. The lowest BCUT2D eigenvalue weighted by Gasteiger charge is -2.35. The van der Waals surface area contributed by atoms with Crippen LogP contribution in [0, 0.1) is 0 Å². The molecule has 1 aliphatic heterocycles. The average Bonchev–Trinajstić information content (AvgIpc) is 2.84. The van der Waals surface area contributed by atoms with E-state index in [9.17, 15) is 0 Å². The molecule has 1 aromatic rings. The number of morpholine rings is 1. The fourth-order valence-corrected chi connectivity index (χ4v) is 2.75. The van der Waals surface area contributed by atoms with Crippen LogP contribution in [0.2, 0.25) is 0 Å². The van der Waals surface area contributed by atoms with Crippen LogP contribution in [0.25, 0.3) is 0 Å². The van der Waals surface area contributed by atoms with E-state index in [-0.39, 0.29) is 0 Å². The molecular formula is C15H28N4O. The van der Waals surface area contributed by atoms with Crippen LogP contribution in [0.4, 0.5) is 0 Å². The fraction of sp³-hybridized carbons (Fsp3) is 0.800. The lowest BCUT2D eigenvalue weighted by Crippen LogP contribution is -2.51. The monoisotopic (exact) mass is 280 g/mol. The van der Waals surface area contributed by atoms with Crippen molar-refractivity contribution >= 4 is 0 Å². The Labute approximate surface area is 122 Å². The molecule has 0 bridgehead atoms. The first kappa shape index (κ1) is 15.5. The molecule has 1 fully saturated rings. The van der Waals surface area contributed by atoms with Gasteiger partial charge >= 0.3 is 0 Å². The number of hydrogen-bond donors (Lipinski definition) is 1. The van der Waals surface area contributed by atoms with E-state index in [2.05, 4.69) is 35.4 Å². The van der Waals surface area contributed by atoms with Gasteiger partial charge in [-0.1, -0.05) is 6.92 Å². The van der Waals surface area contributed by atoms with Gasteiger partial charge in [-0.3, -0.25) is 4.68 Å². The molecule has 2 atom stereocenters. The van der Waals surface area contributed by atoms with Gasteiger partial charge in [0.1, 0.15) is 0 Å². The Morgan fingerprint density at radius 2 is 2.35 bits per heavy atom. The maximum absolute atomic E-state index is 5.98. The third-order valence-corrected chi connectivity index (χ3v) is 4.04. The molecule has 114 valence electrons. The smallest absolute Gasteiger partial charge is 0.0855 e. The highest BCUT2D eigenvalue weighted by Gasteiger charge is 2.26. The van der Waals surface area contributed by atoms with Gasteiger partial charge in [-0.15, -0.1) is 0 Å². The SMILES string of the molecule is CCCNC(CCc1ccnn1C)C1CN(C)CCO1. The van der Waals surface area contributed by atoms with Crippen molar-refractivity contribution < 1.29 is 4.74 Å². The Bertz CT molecular complexity index is 393. The molecule has 5 nitrogen and oxygen atoms in total. The molecule has 0 saturated carbocycles. The van der Waals surface area contributed by atoms with Crippen molar-refractivity contribution in [2.75, 3.05) is 33.3 Å². The molecule has 1 aromatic heterocycles. The van der Waals surface area contributed by atoms with Gasteiger partial charge in [-0.25, -0.2) is 0 Å². The van der Waals surface area contributed by atoms with Crippen LogP contribution >= 0.6 is 0 Å². The molecule has 2 unspecified atom stereocenters. The van der Waals surface area contributed by atoms with Gasteiger partial charge in [0.15, 0.2) is 0 Å². The molecule has 1 aliphatic rings. The maximum Gasteiger partial charge on any atom is 0.0855 e. The number of aryl methyl sites for hydroxylation is 2. The summed E-state index contributed by atoms with van der Waals surface area (Å²) in [4.78, 5) is 2.36. The molecule has 5 heteroatoms. The van der Waals surface area contributed by atoms with Gasteiger partial charge in [0.05, 0.1) is 12.7 Å². The second kappa shape index (κ2) is 7.76. The van der Waals surface area contributed by atoms with Crippen LogP contribution in [-0.4, -0.2) is 60.1 Å². The predicted octanol–water partition coefficient (Wildman–Crippen LogP) is 1.05. The zero-order valence-corrected chi connectivity index (χ0v) is 13.0. The first-order valence-corrected chi connectivity index (χ1v) is 7.71. The van der Waals surface area contributed by atoms with Gasteiger partial charge in [0, 0.05) is 38.1 Å². The van der Waals surface area contributed by atoms with E-state index in [1.165, 1.54) is 5.69 Å². The van der Waals surface area contributed by atoms with Crippen LogP contribution in [0.5, 0.6) is 0 Å². The lowest BCUT2D eigenvalue weighted by atomic mass is 10.0. The van der Waals surface area contributed by atoms with Crippen LogP contribution in [0.15, 0.2) is 12.3 Å². The second-order valence-electron chi connectivity index (χ2n) is 5.72. The van der Waals surface area contributed by atoms with Gasteiger partial charge in [-0.2, -0.15) is 5.10 Å². The fourth-order valence-electron chi connectivity index (χ4n) is 2.75. The molecule has 0 spiro atoms. The normalized spacial score (nSPS) is 22.1. The van der Waals surface area contributed by atoms with E-state index in [0.717, 1.165) is 45.5 Å². The Morgan fingerprint density at radius 3 is 3.00 bits per heavy atom. The highest BCUT2D eigenvalue weighted by atomic mass is 16.5. The Hall–Kier alpha value is -0.910. The molecule has 0 radical (unpaired) electrons. The summed E-state index contributed by atoms with van der Waals surface area (Å²) in [5.41, 5.74) is 1.29. The van der Waals surface area contributed by atoms with Gasteiger partial charge in [-0.05, 0) is 38.9 Å². The summed E-state index contributed by atoms with van der Waals surface area (Å²) in [5, 5.41) is 7.90. The summed E-state index contributed by atoms with van der Waals surface area (Å²) >= 11 is 0. The topological polar surface area (TPSA) is 42.3 Å². The summed E-state index contributed by atoms with van der Waals surface area (Å²) in [5.74, 6) is 0. The number of nitrogens with one attached hydrogen (secondary N) is 1. The Kier molecular flexibility index (Phi) is 6.01. The third-order valence-electron chi connectivity index (χ3n) is 4.04. The van der Waals surface area contributed by atoms with E-state index in [1.807, 2.05) is 17.9 Å². The van der Waals surface area contributed by atoms with Gasteiger partial charge in [0.2, 0.25) is 0 Å². The number of ether oxygens (including phenoxy) is 1. The summed E-state index contributed by atoms with van der Waals surface area (Å²) in [7, 11) is 4.18. The first-order valence-electron chi connectivity index (χ1n) is 7.71. The highest BCUT2D eigenvalue weighted by Crippen LogP contribution is 2.13. The summed E-state index contributed by atoms with van der Waals surface area (Å²) < 4.78 is 7.94. The quantitative estimate of drug-likeness (QED) is 0.811. The van der Waals surface area contributed by atoms with Crippen molar-refractivity contribution in [1.29, 1.82) is 0 Å². The number of rotatable bonds is 7. The summed E-state index contributed by atoms with van der Waals surface area (Å²) in [6.07, 6.45) is 5.47. The molecule has 2 heterocycles. The number of aromatic nitrogens is 2. The number of hydrogen-bond acceptors (Lipinski definition) is 4. The van der Waals surface area contributed by atoms with E-state index >= 15 is 0 Å². The van der Waals surface area contributed by atoms with Crippen LogP contribution in [-0.2, 0) is 18.2 Å². The second-order valence-corrected chi connectivity index (χ2v) is 5.72. The van der Waals surface area contributed by atoms with E-state index in [1.54, 1.807) is 0 Å². The summed E-state index contributed by atoms with van der Waals surface area (Å²) in [6, 6.07) is 2.53. The van der Waals surface area contributed by atoms with Crippen LogP contribution in [0.1, 0.15) is 25.5 Å². The number of nitrogens with zero attached hydrogens (tertiary/aromatic N) is 3. The van der Waals surface area contributed by atoms with Crippen LogP contribution < -0.4 is 5.32 Å². The predicted molar refractivity (Wildman–Crippen MR) is 80.8 cm³/mol. The first-order chi connectivity index (χ1) is 9.70. The largest absolute Gasteiger partial charge is 0.374 e. The van der Waals surface area contributed by atoms with Crippen molar-refractivity contribution in [2.45, 2.75) is 38.3 Å². The van der Waals surface area contributed by atoms with Gasteiger partial charge < -0.3 is 15.0 Å². The molecule has 2 rings (SSSR count). The summed E-state index contributed by atoms with van der Waals surface area (Å²) in [6.45, 7) is 6.17. The van der Waals surface area contributed by atoms with Crippen molar-refractivity contribution in [3.05, 3.63) is 18.0 Å². The minimum Gasteiger partial charge on any atom is -0.374 e. The Morgan fingerprint density at radius 1 is 1.50 bits per heavy atom. The maximum atomic E-state index is 5.98. The lowest BCUT2D eigenvalue weighted by molar-refractivity contribution is -0.0398. The minimum atomic E-state index is 0.300. The standard InChI is InChI=1S/C15H28N4O/c1-4-8-16-14(15-12-18(2)10-11-20-15)6-5-13-7-9-17-19(13)3/h7,9,14-16H,4-6,8,10-12H2,1-3H3. The van der Waals surface area contributed by atoms with Crippen molar-refractivity contribution in [3.8, 4) is 0 Å². The molecule has 1 saturated heterocycles. The zero-order valence-electron chi connectivity index (χ0n) is 13.0. The molecule has 1 N–H and O–H groups in total. The zero-order chi connectivity index (χ0) is 14.4. The molecule has 0 aromatic carbocycles. The average molecular weight is 280 g/mol. The number of likely N-dealkylation sites (N-methyl/N-ethyl adjacent to an activating group) is 1. The minimum absolute atomic E-state index is 0.300.